The molecule has 0 aliphatic carbocycles. The summed E-state index contributed by atoms with van der Waals surface area (Å²) < 4.78 is 0. The van der Waals surface area contributed by atoms with Crippen LogP contribution in [0.4, 0.5) is 4.79 Å². The number of thioether (sulfide) groups is 1. The lowest BCUT2D eigenvalue weighted by Gasteiger charge is -2.21. The van der Waals surface area contributed by atoms with Crippen molar-refractivity contribution in [2.45, 2.75) is 38.8 Å². The molecule has 0 aromatic carbocycles. The van der Waals surface area contributed by atoms with Crippen LogP contribution in [0.5, 0.6) is 0 Å². The predicted molar refractivity (Wildman–Crippen MR) is 78.5 cm³/mol. The average Bonchev–Trinajstić information content (AvgIpc) is 2.32. The Morgan fingerprint density at radius 1 is 1.20 bits per heavy atom. The minimum absolute atomic E-state index is 0.185. The minimum atomic E-state index is -1.27. The molecular weight excluding hydrogens is 282 g/mol. The van der Waals surface area contributed by atoms with Crippen molar-refractivity contribution in [2.75, 3.05) is 12.0 Å². The summed E-state index contributed by atoms with van der Waals surface area (Å²) in [6, 6.07) is -1.66. The fourth-order valence-corrected chi connectivity index (χ4v) is 2.11. The van der Waals surface area contributed by atoms with Gasteiger partial charge in [-0.3, -0.25) is 9.59 Å². The van der Waals surface area contributed by atoms with E-state index in [1.54, 1.807) is 0 Å². The highest BCUT2D eigenvalue weighted by atomic mass is 32.2. The van der Waals surface area contributed by atoms with Crippen LogP contribution in [0, 0.1) is 5.92 Å². The van der Waals surface area contributed by atoms with Gasteiger partial charge in [-0.05, 0) is 30.8 Å². The van der Waals surface area contributed by atoms with Gasteiger partial charge in [-0.15, -0.1) is 0 Å². The van der Waals surface area contributed by atoms with E-state index in [-0.39, 0.29) is 5.92 Å². The Labute approximate surface area is 123 Å². The third kappa shape index (κ3) is 7.88. The van der Waals surface area contributed by atoms with Crippen LogP contribution in [0.3, 0.4) is 0 Å². The molecular formula is C12H23N3O4S. The van der Waals surface area contributed by atoms with Crippen LogP contribution >= 0.6 is 11.8 Å². The molecule has 3 amide bonds. The van der Waals surface area contributed by atoms with Crippen LogP contribution < -0.4 is 16.4 Å². The molecule has 0 aromatic rings. The molecule has 0 aliphatic heterocycles. The Morgan fingerprint density at radius 2 is 1.80 bits per heavy atom. The summed E-state index contributed by atoms with van der Waals surface area (Å²) in [7, 11) is 0. The second-order valence-corrected chi connectivity index (χ2v) is 5.86. The van der Waals surface area contributed by atoms with Crippen molar-refractivity contribution in [2.24, 2.45) is 11.7 Å². The molecule has 2 unspecified atom stereocenters. The number of carboxylic acid groups (broad SMARTS) is 1. The number of hydrogen-bond acceptors (Lipinski definition) is 4. The Hall–Kier alpha value is -1.44. The molecule has 0 heterocycles. The van der Waals surface area contributed by atoms with Gasteiger partial charge in [0.15, 0.2) is 0 Å². The maximum absolute atomic E-state index is 12.0. The fourth-order valence-electron chi connectivity index (χ4n) is 1.64. The number of rotatable bonds is 9. The van der Waals surface area contributed by atoms with E-state index < -0.39 is 30.0 Å². The third-order valence-corrected chi connectivity index (χ3v) is 3.24. The third-order valence-electron chi connectivity index (χ3n) is 2.59. The van der Waals surface area contributed by atoms with Crippen LogP contribution in [0.2, 0.25) is 0 Å². The van der Waals surface area contributed by atoms with Crippen LogP contribution in [0.1, 0.15) is 26.7 Å². The highest BCUT2D eigenvalue weighted by molar-refractivity contribution is 7.98. The van der Waals surface area contributed by atoms with Gasteiger partial charge in [-0.2, -0.15) is 11.8 Å². The van der Waals surface area contributed by atoms with Gasteiger partial charge >= 0.3 is 6.09 Å². The molecule has 8 heteroatoms. The Morgan fingerprint density at radius 3 is 2.20 bits per heavy atom. The molecule has 0 radical (unpaired) electrons. The first-order chi connectivity index (χ1) is 9.27. The molecule has 0 saturated heterocycles. The normalized spacial score (nSPS) is 13.6. The summed E-state index contributed by atoms with van der Waals surface area (Å²) >= 11 is 1.51. The first-order valence-electron chi connectivity index (χ1n) is 6.36. The molecule has 0 spiro atoms. The first kappa shape index (κ1) is 18.6. The van der Waals surface area contributed by atoms with Gasteiger partial charge in [0.1, 0.15) is 12.1 Å². The molecule has 7 nitrogen and oxygen atoms in total. The SMILES string of the molecule is CSCCC(NC(=O)O)C(=O)NC(CC(C)C)C(N)=O. The zero-order valence-electron chi connectivity index (χ0n) is 12.0. The Kier molecular flexibility index (Phi) is 8.78. The van der Waals surface area contributed by atoms with Crippen molar-refractivity contribution in [1.82, 2.24) is 10.6 Å². The molecule has 0 fully saturated rings. The second-order valence-electron chi connectivity index (χ2n) is 4.88. The van der Waals surface area contributed by atoms with Crippen molar-refractivity contribution in [3.8, 4) is 0 Å². The monoisotopic (exact) mass is 305 g/mol. The topological polar surface area (TPSA) is 122 Å². The molecule has 0 saturated carbocycles. The molecule has 2 atom stereocenters. The minimum Gasteiger partial charge on any atom is -0.465 e. The van der Waals surface area contributed by atoms with Crippen molar-refractivity contribution in [3.05, 3.63) is 0 Å². The number of nitrogens with one attached hydrogen (secondary N) is 2. The lowest BCUT2D eigenvalue weighted by atomic mass is 10.0. The number of primary amides is 1. The lowest BCUT2D eigenvalue weighted by Crippen LogP contribution is -2.53. The van der Waals surface area contributed by atoms with Crippen molar-refractivity contribution in [1.29, 1.82) is 0 Å². The standard InChI is InChI=1S/C12H23N3O4S/c1-7(2)6-9(10(13)16)14-11(17)8(4-5-20-3)15-12(18)19/h7-9,15H,4-6H2,1-3H3,(H2,13,16)(H,14,17)(H,18,19). The fraction of sp³-hybridized carbons (Fsp3) is 0.750. The molecule has 0 aliphatic rings. The van der Waals surface area contributed by atoms with Crippen LogP contribution in [0.15, 0.2) is 0 Å². The van der Waals surface area contributed by atoms with Gasteiger partial charge in [-0.1, -0.05) is 13.8 Å². The first-order valence-corrected chi connectivity index (χ1v) is 7.75. The molecule has 0 rings (SSSR count). The van der Waals surface area contributed by atoms with Crippen molar-refractivity contribution < 1.29 is 19.5 Å². The molecule has 0 aromatic heterocycles. The summed E-state index contributed by atoms with van der Waals surface area (Å²) in [4.78, 5) is 34.0. The summed E-state index contributed by atoms with van der Waals surface area (Å²) in [5.74, 6) is -0.328. The number of carbonyl (C=O) groups is 3. The summed E-state index contributed by atoms with van der Waals surface area (Å²) in [6.45, 7) is 3.81. The number of carbonyl (C=O) groups excluding carboxylic acids is 2. The van der Waals surface area contributed by atoms with E-state index >= 15 is 0 Å². The second kappa shape index (κ2) is 9.46. The summed E-state index contributed by atoms with van der Waals surface area (Å²) in [5, 5.41) is 13.4. The van der Waals surface area contributed by atoms with E-state index in [4.69, 9.17) is 10.8 Å². The van der Waals surface area contributed by atoms with Crippen LogP contribution in [-0.2, 0) is 9.59 Å². The maximum Gasteiger partial charge on any atom is 0.405 e. The van der Waals surface area contributed by atoms with Gasteiger partial charge in [0.2, 0.25) is 11.8 Å². The van der Waals surface area contributed by atoms with E-state index in [0.29, 0.717) is 18.6 Å². The predicted octanol–water partition coefficient (Wildman–Crippen LogP) is 0.392. The van der Waals surface area contributed by atoms with E-state index in [1.807, 2.05) is 20.1 Å². The van der Waals surface area contributed by atoms with E-state index in [0.717, 1.165) is 0 Å². The summed E-state index contributed by atoms with van der Waals surface area (Å²) in [5.41, 5.74) is 5.24. The summed E-state index contributed by atoms with van der Waals surface area (Å²) in [6.07, 6.45) is 1.36. The number of nitrogens with two attached hydrogens (primary N) is 1. The van der Waals surface area contributed by atoms with E-state index in [2.05, 4.69) is 10.6 Å². The molecule has 5 N–H and O–H groups in total. The Balaban J connectivity index is 4.68. The Bertz CT molecular complexity index is 350. The zero-order valence-corrected chi connectivity index (χ0v) is 12.8. The van der Waals surface area contributed by atoms with Gasteiger partial charge in [0, 0.05) is 0 Å². The smallest absolute Gasteiger partial charge is 0.405 e. The lowest BCUT2D eigenvalue weighted by molar-refractivity contribution is -0.128. The average molecular weight is 305 g/mol. The van der Waals surface area contributed by atoms with Crippen LogP contribution in [0.25, 0.3) is 0 Å². The molecule has 0 bridgehead atoms. The highest BCUT2D eigenvalue weighted by Crippen LogP contribution is 2.06. The number of hydrogen-bond donors (Lipinski definition) is 4. The zero-order chi connectivity index (χ0) is 15.7. The maximum atomic E-state index is 12.0. The van der Waals surface area contributed by atoms with Gasteiger partial charge in [-0.25, -0.2) is 4.79 Å². The van der Waals surface area contributed by atoms with E-state index in [9.17, 15) is 14.4 Å². The van der Waals surface area contributed by atoms with Gasteiger partial charge < -0.3 is 21.5 Å². The largest absolute Gasteiger partial charge is 0.465 e. The van der Waals surface area contributed by atoms with Crippen molar-refractivity contribution >= 4 is 29.7 Å². The molecule has 116 valence electrons. The van der Waals surface area contributed by atoms with Gasteiger partial charge in [0.25, 0.3) is 0 Å². The highest BCUT2D eigenvalue weighted by Gasteiger charge is 2.25. The van der Waals surface area contributed by atoms with Crippen molar-refractivity contribution in [3.63, 3.8) is 0 Å². The quantitative estimate of drug-likeness (QED) is 0.491. The molecule has 20 heavy (non-hydrogen) atoms. The van der Waals surface area contributed by atoms with Gasteiger partial charge in [0.05, 0.1) is 0 Å². The van der Waals surface area contributed by atoms with Crippen LogP contribution in [-0.4, -0.2) is 47.1 Å². The number of amides is 3. The van der Waals surface area contributed by atoms with E-state index in [1.165, 1.54) is 11.8 Å².